The van der Waals surface area contributed by atoms with Crippen LogP contribution in [0, 0.1) is 0 Å². The molecule has 1 rings (SSSR count). The van der Waals surface area contributed by atoms with Gasteiger partial charge in [-0.1, -0.05) is 18.2 Å². The van der Waals surface area contributed by atoms with Gasteiger partial charge < -0.3 is 4.74 Å². The highest BCUT2D eigenvalue weighted by Crippen LogP contribution is 2.18. The van der Waals surface area contributed by atoms with Crippen LogP contribution < -0.4 is 0 Å². The Morgan fingerprint density at radius 3 is 2.61 bits per heavy atom. The van der Waals surface area contributed by atoms with Crippen molar-refractivity contribution in [2.45, 2.75) is 12.6 Å². The van der Waals surface area contributed by atoms with Gasteiger partial charge in [-0.05, 0) is 18.0 Å². The Hall–Kier alpha value is -2.07. The summed E-state index contributed by atoms with van der Waals surface area (Å²) in [6.07, 6.45) is -4.64. The lowest BCUT2D eigenvalue weighted by atomic mass is 10.3. The van der Waals surface area contributed by atoms with Crippen molar-refractivity contribution >= 4 is 17.5 Å². The maximum Gasteiger partial charge on any atom is 0.392 e. The SMILES string of the molecule is O=C(C=C=Nc1ccccc1)OCCC(F)(F)F. The number of nitrogens with zero attached hydrogens (tertiary/aromatic N) is 1. The van der Waals surface area contributed by atoms with E-state index in [-0.39, 0.29) is 0 Å². The molecular weight excluding hydrogens is 247 g/mol. The highest BCUT2D eigenvalue weighted by atomic mass is 19.4. The summed E-state index contributed by atoms with van der Waals surface area (Å²) < 4.78 is 39.6. The number of aliphatic imine (C=N–C) groups is 1. The Morgan fingerprint density at radius 1 is 1.33 bits per heavy atom. The van der Waals surface area contributed by atoms with E-state index in [0.717, 1.165) is 6.08 Å². The van der Waals surface area contributed by atoms with Crippen molar-refractivity contribution in [3.8, 4) is 0 Å². The number of para-hydroxylation sites is 1. The second kappa shape index (κ2) is 6.61. The molecular formula is C12H10F3NO2. The fraction of sp³-hybridized carbons (Fsp3) is 0.250. The number of carbonyl (C=O) groups excluding carboxylic acids is 1. The number of esters is 1. The zero-order valence-corrected chi connectivity index (χ0v) is 9.28. The Labute approximate surface area is 102 Å². The number of halogens is 3. The highest BCUT2D eigenvalue weighted by molar-refractivity contribution is 5.91. The molecule has 0 aliphatic carbocycles. The minimum absolute atomic E-state index is 0.580. The van der Waals surface area contributed by atoms with Crippen molar-refractivity contribution in [2.75, 3.05) is 6.61 Å². The molecule has 0 heterocycles. The number of rotatable bonds is 4. The fourth-order valence-corrected chi connectivity index (χ4v) is 0.971. The Kier molecular flexibility index (Phi) is 5.14. The molecule has 96 valence electrons. The van der Waals surface area contributed by atoms with Crippen LogP contribution in [0.25, 0.3) is 0 Å². The lowest BCUT2D eigenvalue weighted by Crippen LogP contribution is -2.13. The number of hydrogen-bond donors (Lipinski definition) is 0. The normalized spacial score (nSPS) is 10.4. The van der Waals surface area contributed by atoms with Gasteiger partial charge in [0.1, 0.15) is 6.61 Å². The van der Waals surface area contributed by atoms with Crippen molar-refractivity contribution in [1.82, 2.24) is 0 Å². The molecule has 0 radical (unpaired) electrons. The van der Waals surface area contributed by atoms with E-state index in [2.05, 4.69) is 15.6 Å². The van der Waals surface area contributed by atoms with Gasteiger partial charge in [0.25, 0.3) is 0 Å². The third-order valence-electron chi connectivity index (χ3n) is 1.76. The summed E-state index contributed by atoms with van der Waals surface area (Å²) in [5, 5.41) is 0. The molecule has 1 aromatic rings. The quantitative estimate of drug-likeness (QED) is 0.472. The summed E-state index contributed by atoms with van der Waals surface area (Å²) in [5.74, 6) is 1.39. The predicted octanol–water partition coefficient (Wildman–Crippen LogP) is 3.04. The summed E-state index contributed by atoms with van der Waals surface area (Å²) in [6.45, 7) is -0.703. The van der Waals surface area contributed by atoms with E-state index in [1.54, 1.807) is 30.3 Å². The fourth-order valence-electron chi connectivity index (χ4n) is 0.971. The van der Waals surface area contributed by atoms with Crippen molar-refractivity contribution in [2.24, 2.45) is 4.99 Å². The van der Waals surface area contributed by atoms with E-state index in [0.29, 0.717) is 5.69 Å². The Balaban J connectivity index is 2.38. The molecule has 0 fully saturated rings. The summed E-state index contributed by atoms with van der Waals surface area (Å²) in [7, 11) is 0. The summed E-state index contributed by atoms with van der Waals surface area (Å²) in [5.41, 5.74) is 0.580. The number of alkyl halides is 3. The number of carbonyl (C=O) groups is 1. The Morgan fingerprint density at radius 2 is 2.00 bits per heavy atom. The molecule has 0 aliphatic heterocycles. The van der Waals surface area contributed by atoms with Crippen LogP contribution in [-0.2, 0) is 9.53 Å². The third-order valence-corrected chi connectivity index (χ3v) is 1.76. The molecule has 0 bridgehead atoms. The van der Waals surface area contributed by atoms with E-state index < -0.39 is 25.2 Å². The minimum Gasteiger partial charge on any atom is -0.462 e. The molecule has 3 nitrogen and oxygen atoms in total. The van der Waals surface area contributed by atoms with Crippen molar-refractivity contribution in [1.29, 1.82) is 0 Å². The van der Waals surface area contributed by atoms with E-state index in [1.165, 1.54) is 0 Å². The van der Waals surface area contributed by atoms with E-state index >= 15 is 0 Å². The second-order valence-corrected chi connectivity index (χ2v) is 3.25. The maximum atomic E-state index is 11.7. The van der Waals surface area contributed by atoms with Crippen LogP contribution in [0.4, 0.5) is 18.9 Å². The van der Waals surface area contributed by atoms with Crippen LogP contribution in [0.15, 0.2) is 41.4 Å². The Bertz CT molecular complexity index is 448. The van der Waals surface area contributed by atoms with Gasteiger partial charge in [-0.3, -0.25) is 0 Å². The summed E-state index contributed by atoms with van der Waals surface area (Å²) in [6, 6.07) is 8.68. The van der Waals surface area contributed by atoms with E-state index in [4.69, 9.17) is 0 Å². The van der Waals surface area contributed by atoms with Crippen molar-refractivity contribution in [3.05, 3.63) is 36.4 Å². The van der Waals surface area contributed by atoms with Gasteiger partial charge in [0.2, 0.25) is 0 Å². The van der Waals surface area contributed by atoms with Crippen LogP contribution in [0.1, 0.15) is 6.42 Å². The van der Waals surface area contributed by atoms with Crippen LogP contribution in [-0.4, -0.2) is 24.6 Å². The second-order valence-electron chi connectivity index (χ2n) is 3.25. The van der Waals surface area contributed by atoms with Gasteiger partial charge in [-0.25, -0.2) is 9.79 Å². The van der Waals surface area contributed by atoms with Gasteiger partial charge >= 0.3 is 12.1 Å². The standard InChI is InChI=1S/C12H10F3NO2/c13-12(14,15)7-9-18-11(17)6-8-16-10-4-2-1-3-5-10/h1-6H,7,9H2. The summed E-state index contributed by atoms with van der Waals surface area (Å²) >= 11 is 0. The lowest BCUT2D eigenvalue weighted by Gasteiger charge is -2.04. The number of benzene rings is 1. The average molecular weight is 257 g/mol. The zero-order chi connectivity index (χ0) is 13.4. The number of hydrogen-bond acceptors (Lipinski definition) is 3. The molecule has 0 atom stereocenters. The van der Waals surface area contributed by atoms with Gasteiger partial charge in [0.05, 0.1) is 18.2 Å². The van der Waals surface area contributed by atoms with Crippen molar-refractivity contribution in [3.63, 3.8) is 0 Å². The van der Waals surface area contributed by atoms with Gasteiger partial charge in [-0.15, -0.1) is 0 Å². The zero-order valence-electron chi connectivity index (χ0n) is 9.28. The van der Waals surface area contributed by atoms with E-state index in [9.17, 15) is 18.0 Å². The molecule has 0 amide bonds. The molecule has 18 heavy (non-hydrogen) atoms. The first-order valence-corrected chi connectivity index (χ1v) is 5.05. The smallest absolute Gasteiger partial charge is 0.392 e. The van der Waals surface area contributed by atoms with Gasteiger partial charge in [0.15, 0.2) is 0 Å². The van der Waals surface area contributed by atoms with Crippen LogP contribution >= 0.6 is 0 Å². The summed E-state index contributed by atoms with van der Waals surface area (Å²) in [4.78, 5) is 14.7. The van der Waals surface area contributed by atoms with Crippen LogP contribution in [0.3, 0.4) is 0 Å². The first-order valence-electron chi connectivity index (χ1n) is 5.05. The van der Waals surface area contributed by atoms with Crippen LogP contribution in [0.2, 0.25) is 0 Å². The molecule has 0 aromatic heterocycles. The first-order chi connectivity index (χ1) is 8.47. The minimum atomic E-state index is -4.33. The molecule has 0 N–H and O–H groups in total. The molecule has 6 heteroatoms. The predicted molar refractivity (Wildman–Crippen MR) is 59.7 cm³/mol. The molecule has 0 saturated heterocycles. The monoisotopic (exact) mass is 257 g/mol. The molecule has 1 aromatic carbocycles. The maximum absolute atomic E-state index is 11.7. The first kappa shape index (κ1) is 14.0. The number of ether oxygens (including phenoxy) is 1. The third kappa shape index (κ3) is 6.50. The average Bonchev–Trinajstić information content (AvgIpc) is 2.28. The highest BCUT2D eigenvalue weighted by Gasteiger charge is 2.27. The van der Waals surface area contributed by atoms with E-state index in [1.807, 2.05) is 0 Å². The van der Waals surface area contributed by atoms with Crippen molar-refractivity contribution < 1.29 is 22.7 Å². The molecule has 0 spiro atoms. The van der Waals surface area contributed by atoms with Crippen LogP contribution in [0.5, 0.6) is 0 Å². The van der Waals surface area contributed by atoms with Gasteiger partial charge in [0, 0.05) is 0 Å². The lowest BCUT2D eigenvalue weighted by molar-refractivity contribution is -0.155. The molecule has 0 saturated carbocycles. The molecule has 0 unspecified atom stereocenters. The molecule has 0 aliphatic rings. The largest absolute Gasteiger partial charge is 0.462 e. The van der Waals surface area contributed by atoms with Gasteiger partial charge in [-0.2, -0.15) is 13.2 Å². The topological polar surface area (TPSA) is 38.7 Å².